The fraction of sp³-hybridized carbons (Fsp3) is 0.400. The Morgan fingerprint density at radius 3 is 2.69 bits per heavy atom. The maximum Gasteiger partial charge on any atom is 0.126 e. The number of alkyl halides is 1. The van der Waals surface area contributed by atoms with Gasteiger partial charge in [-0.25, -0.2) is 8.78 Å². The summed E-state index contributed by atoms with van der Waals surface area (Å²) in [5.74, 6) is -0.650. The first-order valence-corrected chi connectivity index (χ1v) is 5.28. The molecule has 0 saturated carbocycles. The molecule has 1 unspecified atom stereocenters. The van der Waals surface area contributed by atoms with Crippen molar-refractivity contribution in [2.24, 2.45) is 0 Å². The molecule has 0 radical (unpaired) electrons. The quantitative estimate of drug-likeness (QED) is 0.713. The third kappa shape index (κ3) is 2.76. The van der Waals surface area contributed by atoms with Gasteiger partial charge < -0.3 is 0 Å². The molecule has 0 aliphatic carbocycles. The van der Waals surface area contributed by atoms with Crippen LogP contribution < -0.4 is 0 Å². The van der Waals surface area contributed by atoms with Crippen molar-refractivity contribution < 1.29 is 8.78 Å². The Labute approximate surface area is 85.1 Å². The molecular formula is C10H11BrF2. The Morgan fingerprint density at radius 2 is 2.08 bits per heavy atom. The van der Waals surface area contributed by atoms with Crippen molar-refractivity contribution in [3.05, 3.63) is 35.4 Å². The normalized spacial score (nSPS) is 12.9. The van der Waals surface area contributed by atoms with E-state index in [0.29, 0.717) is 5.56 Å². The van der Waals surface area contributed by atoms with Crippen molar-refractivity contribution in [2.75, 3.05) is 5.33 Å². The van der Waals surface area contributed by atoms with Crippen LogP contribution in [0, 0.1) is 11.6 Å². The maximum atomic E-state index is 13.2. The average molecular weight is 249 g/mol. The monoisotopic (exact) mass is 248 g/mol. The molecular weight excluding hydrogens is 238 g/mol. The summed E-state index contributed by atoms with van der Waals surface area (Å²) >= 11 is 3.27. The minimum Gasteiger partial charge on any atom is -0.207 e. The van der Waals surface area contributed by atoms with E-state index in [-0.39, 0.29) is 17.6 Å². The first kappa shape index (κ1) is 10.6. The predicted molar refractivity (Wildman–Crippen MR) is 53.2 cm³/mol. The summed E-state index contributed by atoms with van der Waals surface area (Å²) in [5.41, 5.74) is 0.458. The molecule has 0 saturated heterocycles. The van der Waals surface area contributed by atoms with Crippen LogP contribution in [0.4, 0.5) is 8.78 Å². The van der Waals surface area contributed by atoms with Crippen LogP contribution in [0.15, 0.2) is 18.2 Å². The Kier molecular flexibility index (Phi) is 3.85. The number of rotatable bonds is 3. The van der Waals surface area contributed by atoms with Gasteiger partial charge in [-0.1, -0.05) is 22.9 Å². The van der Waals surface area contributed by atoms with E-state index in [1.807, 2.05) is 6.92 Å². The van der Waals surface area contributed by atoms with Gasteiger partial charge in [0.05, 0.1) is 0 Å². The first-order valence-electron chi connectivity index (χ1n) is 4.16. The number of benzene rings is 1. The van der Waals surface area contributed by atoms with Gasteiger partial charge in [-0.2, -0.15) is 0 Å². The predicted octanol–water partition coefficient (Wildman–Crippen LogP) is 3.85. The summed E-state index contributed by atoms with van der Waals surface area (Å²) in [6, 6.07) is 3.58. The van der Waals surface area contributed by atoms with Gasteiger partial charge in [-0.3, -0.25) is 0 Å². The standard InChI is InChI=1S/C10H11BrF2/c1-7(4-5-11)9-6-8(12)2-3-10(9)13/h2-3,6-7H,4-5H2,1H3. The zero-order valence-electron chi connectivity index (χ0n) is 7.36. The molecule has 0 nitrogen and oxygen atoms in total. The molecule has 3 heteroatoms. The lowest BCUT2D eigenvalue weighted by molar-refractivity contribution is 0.565. The van der Waals surface area contributed by atoms with Crippen LogP contribution in [0.3, 0.4) is 0 Å². The lowest BCUT2D eigenvalue weighted by Gasteiger charge is -2.10. The number of hydrogen-bond acceptors (Lipinski definition) is 0. The second kappa shape index (κ2) is 4.70. The summed E-state index contributed by atoms with van der Waals surface area (Å²) in [7, 11) is 0. The molecule has 0 heterocycles. The largest absolute Gasteiger partial charge is 0.207 e. The second-order valence-electron chi connectivity index (χ2n) is 3.04. The molecule has 1 atom stereocenters. The summed E-state index contributed by atoms with van der Waals surface area (Å²) in [6.07, 6.45) is 0.806. The summed E-state index contributed by atoms with van der Waals surface area (Å²) < 4.78 is 25.9. The van der Waals surface area contributed by atoms with Crippen molar-refractivity contribution in [3.8, 4) is 0 Å². The topological polar surface area (TPSA) is 0 Å². The molecule has 1 rings (SSSR count). The first-order chi connectivity index (χ1) is 6.15. The van der Waals surface area contributed by atoms with Crippen LogP contribution in [-0.2, 0) is 0 Å². The molecule has 0 fully saturated rings. The fourth-order valence-corrected chi connectivity index (χ4v) is 1.90. The van der Waals surface area contributed by atoms with E-state index < -0.39 is 0 Å². The van der Waals surface area contributed by atoms with Gasteiger partial charge in [0.2, 0.25) is 0 Å². The van der Waals surface area contributed by atoms with E-state index in [1.165, 1.54) is 12.1 Å². The molecule has 0 bridgehead atoms. The van der Waals surface area contributed by atoms with Gasteiger partial charge in [0, 0.05) is 5.33 Å². The van der Waals surface area contributed by atoms with Crippen LogP contribution in [0.25, 0.3) is 0 Å². The molecule has 0 spiro atoms. The molecule has 0 aromatic heterocycles. The van der Waals surface area contributed by atoms with E-state index in [1.54, 1.807) is 0 Å². The second-order valence-corrected chi connectivity index (χ2v) is 3.84. The average Bonchev–Trinajstić information content (AvgIpc) is 2.09. The Hall–Kier alpha value is -0.440. The zero-order chi connectivity index (χ0) is 9.84. The maximum absolute atomic E-state index is 13.2. The fourth-order valence-electron chi connectivity index (χ4n) is 1.21. The van der Waals surface area contributed by atoms with E-state index >= 15 is 0 Å². The van der Waals surface area contributed by atoms with Gasteiger partial charge in [-0.15, -0.1) is 0 Å². The lowest BCUT2D eigenvalue weighted by Crippen LogP contribution is -1.98. The Bertz CT molecular complexity index is 286. The highest BCUT2D eigenvalue weighted by atomic mass is 79.9. The number of halogens is 3. The minimum absolute atomic E-state index is 0.0510. The van der Waals surface area contributed by atoms with Gasteiger partial charge in [0.25, 0.3) is 0 Å². The van der Waals surface area contributed by atoms with Gasteiger partial charge in [0.1, 0.15) is 11.6 Å². The van der Waals surface area contributed by atoms with Crippen molar-refractivity contribution in [3.63, 3.8) is 0 Å². The Balaban J connectivity index is 2.91. The zero-order valence-corrected chi connectivity index (χ0v) is 8.94. The molecule has 1 aromatic carbocycles. The van der Waals surface area contributed by atoms with E-state index in [4.69, 9.17) is 0 Å². The molecule has 0 aliphatic rings. The highest BCUT2D eigenvalue weighted by Crippen LogP contribution is 2.23. The van der Waals surface area contributed by atoms with Crippen LogP contribution >= 0.6 is 15.9 Å². The molecule has 13 heavy (non-hydrogen) atoms. The van der Waals surface area contributed by atoms with Crippen molar-refractivity contribution >= 4 is 15.9 Å². The lowest BCUT2D eigenvalue weighted by atomic mass is 9.98. The SMILES string of the molecule is CC(CCBr)c1cc(F)ccc1F. The van der Waals surface area contributed by atoms with Crippen LogP contribution in [0.2, 0.25) is 0 Å². The highest BCUT2D eigenvalue weighted by Gasteiger charge is 2.10. The molecule has 1 aromatic rings. The molecule has 0 amide bonds. The van der Waals surface area contributed by atoms with Gasteiger partial charge in [-0.05, 0) is 36.1 Å². The highest BCUT2D eigenvalue weighted by molar-refractivity contribution is 9.09. The van der Waals surface area contributed by atoms with Crippen LogP contribution in [-0.4, -0.2) is 5.33 Å². The van der Waals surface area contributed by atoms with E-state index in [2.05, 4.69) is 15.9 Å². The van der Waals surface area contributed by atoms with Crippen molar-refractivity contribution in [2.45, 2.75) is 19.3 Å². The molecule has 0 aliphatic heterocycles. The smallest absolute Gasteiger partial charge is 0.126 e. The minimum atomic E-state index is -0.377. The van der Waals surface area contributed by atoms with Gasteiger partial charge in [0.15, 0.2) is 0 Å². The van der Waals surface area contributed by atoms with Crippen LogP contribution in [0.1, 0.15) is 24.8 Å². The summed E-state index contributed by atoms with van der Waals surface area (Å²) in [4.78, 5) is 0. The summed E-state index contributed by atoms with van der Waals surface area (Å²) in [6.45, 7) is 1.89. The van der Waals surface area contributed by atoms with E-state index in [0.717, 1.165) is 17.8 Å². The third-order valence-electron chi connectivity index (χ3n) is 2.03. The van der Waals surface area contributed by atoms with Crippen molar-refractivity contribution in [1.29, 1.82) is 0 Å². The number of hydrogen-bond donors (Lipinski definition) is 0. The third-order valence-corrected chi connectivity index (χ3v) is 2.49. The van der Waals surface area contributed by atoms with Crippen LogP contribution in [0.5, 0.6) is 0 Å². The summed E-state index contributed by atoms with van der Waals surface area (Å²) in [5, 5.41) is 0.796. The Morgan fingerprint density at radius 1 is 1.38 bits per heavy atom. The van der Waals surface area contributed by atoms with Gasteiger partial charge >= 0.3 is 0 Å². The van der Waals surface area contributed by atoms with Crippen molar-refractivity contribution in [1.82, 2.24) is 0 Å². The molecule has 72 valence electrons. The van der Waals surface area contributed by atoms with E-state index in [9.17, 15) is 8.78 Å². The molecule has 0 N–H and O–H groups in total.